The molecule has 0 unspecified atom stereocenters. The molecular weight excluding hydrogens is 288 g/mol. The Morgan fingerprint density at radius 3 is 2.56 bits per heavy atom. The molecule has 4 nitrogen and oxygen atoms in total. The Hall–Kier alpha value is -0.760. The lowest BCUT2D eigenvalue weighted by atomic mass is 10.2. The molecule has 0 fully saturated rings. The van der Waals surface area contributed by atoms with Crippen molar-refractivity contribution in [1.82, 2.24) is 4.31 Å². The average molecular weight is 300 g/mol. The van der Waals surface area contributed by atoms with E-state index in [9.17, 15) is 17.2 Å². The number of hydrogen-bond acceptors (Lipinski definition) is 3. The molecule has 102 valence electrons. The van der Waals surface area contributed by atoms with Crippen molar-refractivity contribution in [2.45, 2.75) is 17.9 Å². The minimum atomic E-state index is -4.09. The number of nitrogens with zero attached hydrogens (tertiary/aromatic N) is 1. The Labute approximate surface area is 109 Å². The SMILES string of the molecule is CN(CC(F)F)S(=O)(=O)c1cc(CO)ccc1Cl. The van der Waals surface area contributed by atoms with E-state index in [-0.39, 0.29) is 16.5 Å². The first-order valence-electron chi connectivity index (χ1n) is 4.92. The number of rotatable bonds is 5. The van der Waals surface area contributed by atoms with E-state index in [4.69, 9.17) is 16.7 Å². The fourth-order valence-corrected chi connectivity index (χ4v) is 2.97. The van der Waals surface area contributed by atoms with Gasteiger partial charge in [-0.15, -0.1) is 0 Å². The molecular formula is C10H12ClF2NO3S. The van der Waals surface area contributed by atoms with E-state index in [2.05, 4.69) is 0 Å². The molecule has 0 aliphatic carbocycles. The first-order valence-corrected chi connectivity index (χ1v) is 6.74. The second-order valence-corrected chi connectivity index (χ2v) is 6.02. The van der Waals surface area contributed by atoms with Crippen LogP contribution in [0.2, 0.25) is 5.02 Å². The molecule has 1 N–H and O–H groups in total. The molecule has 18 heavy (non-hydrogen) atoms. The molecule has 1 rings (SSSR count). The van der Waals surface area contributed by atoms with Crippen LogP contribution < -0.4 is 0 Å². The van der Waals surface area contributed by atoms with E-state index in [1.807, 2.05) is 0 Å². The summed E-state index contributed by atoms with van der Waals surface area (Å²) in [6, 6.07) is 3.92. The number of benzene rings is 1. The van der Waals surface area contributed by atoms with E-state index >= 15 is 0 Å². The highest BCUT2D eigenvalue weighted by molar-refractivity contribution is 7.89. The fourth-order valence-electron chi connectivity index (χ4n) is 1.30. The van der Waals surface area contributed by atoms with Crippen molar-refractivity contribution in [3.05, 3.63) is 28.8 Å². The van der Waals surface area contributed by atoms with Crippen LogP contribution in [0.3, 0.4) is 0 Å². The van der Waals surface area contributed by atoms with E-state index in [1.165, 1.54) is 18.2 Å². The van der Waals surface area contributed by atoms with Crippen molar-refractivity contribution in [1.29, 1.82) is 0 Å². The van der Waals surface area contributed by atoms with E-state index < -0.39 is 23.0 Å². The Morgan fingerprint density at radius 2 is 2.06 bits per heavy atom. The Balaban J connectivity index is 3.19. The van der Waals surface area contributed by atoms with Crippen LogP contribution in [0.5, 0.6) is 0 Å². The number of alkyl halides is 2. The van der Waals surface area contributed by atoms with E-state index in [0.29, 0.717) is 9.87 Å². The van der Waals surface area contributed by atoms with Gasteiger partial charge in [-0.2, -0.15) is 4.31 Å². The van der Waals surface area contributed by atoms with Gasteiger partial charge in [0.25, 0.3) is 6.43 Å². The van der Waals surface area contributed by atoms with Crippen molar-refractivity contribution in [2.24, 2.45) is 0 Å². The number of sulfonamides is 1. The van der Waals surface area contributed by atoms with Gasteiger partial charge in [-0.1, -0.05) is 17.7 Å². The van der Waals surface area contributed by atoms with Crippen LogP contribution in [-0.4, -0.2) is 37.8 Å². The summed E-state index contributed by atoms with van der Waals surface area (Å²) in [5, 5.41) is 8.86. The maximum absolute atomic E-state index is 12.2. The van der Waals surface area contributed by atoms with Crippen LogP contribution in [0.4, 0.5) is 8.78 Å². The zero-order valence-electron chi connectivity index (χ0n) is 9.48. The summed E-state index contributed by atoms with van der Waals surface area (Å²) in [5.41, 5.74) is 0.337. The summed E-state index contributed by atoms with van der Waals surface area (Å²) in [7, 11) is -3.04. The summed E-state index contributed by atoms with van der Waals surface area (Å²) in [6.07, 6.45) is -2.77. The van der Waals surface area contributed by atoms with Gasteiger partial charge in [0.2, 0.25) is 10.0 Å². The summed E-state index contributed by atoms with van der Waals surface area (Å²) >= 11 is 5.74. The number of halogens is 3. The molecule has 0 heterocycles. The molecule has 0 saturated carbocycles. The molecule has 0 spiro atoms. The zero-order valence-corrected chi connectivity index (χ0v) is 11.0. The molecule has 1 aromatic carbocycles. The number of hydrogen-bond donors (Lipinski definition) is 1. The van der Waals surface area contributed by atoms with Crippen LogP contribution in [-0.2, 0) is 16.6 Å². The Kier molecular flexibility index (Phi) is 5.03. The molecule has 1 aromatic rings. The summed E-state index contributed by atoms with van der Waals surface area (Å²) in [5.74, 6) is 0. The van der Waals surface area contributed by atoms with E-state index in [1.54, 1.807) is 0 Å². The number of aliphatic hydroxyl groups is 1. The third-order valence-corrected chi connectivity index (χ3v) is 4.57. The normalized spacial score (nSPS) is 12.4. The van der Waals surface area contributed by atoms with Crippen molar-refractivity contribution in [3.8, 4) is 0 Å². The van der Waals surface area contributed by atoms with Gasteiger partial charge in [-0.05, 0) is 17.7 Å². The average Bonchev–Trinajstić information content (AvgIpc) is 2.28. The largest absolute Gasteiger partial charge is 0.392 e. The lowest BCUT2D eigenvalue weighted by Crippen LogP contribution is -2.31. The van der Waals surface area contributed by atoms with Crippen molar-refractivity contribution in [3.63, 3.8) is 0 Å². The molecule has 0 atom stereocenters. The van der Waals surface area contributed by atoms with Crippen molar-refractivity contribution < 1.29 is 22.3 Å². The molecule has 0 amide bonds. The van der Waals surface area contributed by atoms with Gasteiger partial charge in [0.15, 0.2) is 0 Å². The lowest BCUT2D eigenvalue weighted by molar-refractivity contribution is 0.126. The van der Waals surface area contributed by atoms with Crippen LogP contribution in [0.1, 0.15) is 5.56 Å². The molecule has 0 saturated heterocycles. The van der Waals surface area contributed by atoms with E-state index in [0.717, 1.165) is 7.05 Å². The predicted molar refractivity (Wildman–Crippen MR) is 63.2 cm³/mol. The monoisotopic (exact) mass is 299 g/mol. The molecule has 0 aliphatic rings. The molecule has 0 aromatic heterocycles. The maximum atomic E-state index is 12.2. The van der Waals surface area contributed by atoms with Crippen LogP contribution in [0, 0.1) is 0 Å². The maximum Gasteiger partial charge on any atom is 0.252 e. The van der Waals surface area contributed by atoms with Crippen LogP contribution >= 0.6 is 11.6 Å². The second-order valence-electron chi connectivity index (χ2n) is 3.60. The highest BCUT2D eigenvalue weighted by Gasteiger charge is 2.26. The van der Waals surface area contributed by atoms with Gasteiger partial charge in [-0.3, -0.25) is 0 Å². The second kappa shape index (κ2) is 5.92. The van der Waals surface area contributed by atoms with Gasteiger partial charge >= 0.3 is 0 Å². The third-order valence-electron chi connectivity index (χ3n) is 2.26. The minimum absolute atomic E-state index is 0.0756. The summed E-state index contributed by atoms with van der Waals surface area (Å²) < 4.78 is 48.9. The smallest absolute Gasteiger partial charge is 0.252 e. The zero-order chi connectivity index (χ0) is 13.9. The van der Waals surface area contributed by atoms with Gasteiger partial charge in [0.05, 0.1) is 18.2 Å². The first-order chi connectivity index (χ1) is 8.28. The number of aliphatic hydroxyl groups excluding tert-OH is 1. The predicted octanol–water partition coefficient (Wildman–Crippen LogP) is 1.72. The third kappa shape index (κ3) is 3.38. The summed E-state index contributed by atoms with van der Waals surface area (Å²) in [4.78, 5) is -0.293. The summed E-state index contributed by atoms with van der Waals surface area (Å²) in [6.45, 7) is -1.28. The Bertz CT molecular complexity index is 522. The van der Waals surface area contributed by atoms with Crippen molar-refractivity contribution >= 4 is 21.6 Å². The van der Waals surface area contributed by atoms with Gasteiger partial charge < -0.3 is 5.11 Å². The first kappa shape index (κ1) is 15.3. The lowest BCUT2D eigenvalue weighted by Gasteiger charge is -2.17. The topological polar surface area (TPSA) is 57.6 Å². The van der Waals surface area contributed by atoms with Gasteiger partial charge in [-0.25, -0.2) is 17.2 Å². The fraction of sp³-hybridized carbons (Fsp3) is 0.400. The van der Waals surface area contributed by atoms with Gasteiger partial charge in [0.1, 0.15) is 4.90 Å². The molecule has 0 bridgehead atoms. The van der Waals surface area contributed by atoms with Crippen LogP contribution in [0.15, 0.2) is 23.1 Å². The molecule has 0 aliphatic heterocycles. The molecule has 0 radical (unpaired) electrons. The van der Waals surface area contributed by atoms with Crippen LogP contribution in [0.25, 0.3) is 0 Å². The van der Waals surface area contributed by atoms with Gasteiger partial charge in [0, 0.05) is 7.05 Å². The standard InChI is InChI=1S/C10H12ClF2NO3S/c1-14(5-10(12)13)18(16,17)9-4-7(6-15)2-3-8(9)11/h2-4,10,15H,5-6H2,1H3. The minimum Gasteiger partial charge on any atom is -0.392 e. The highest BCUT2D eigenvalue weighted by Crippen LogP contribution is 2.25. The molecule has 8 heteroatoms. The Morgan fingerprint density at radius 1 is 1.44 bits per heavy atom. The quantitative estimate of drug-likeness (QED) is 0.900. The van der Waals surface area contributed by atoms with Crippen molar-refractivity contribution in [2.75, 3.05) is 13.6 Å². The highest BCUT2D eigenvalue weighted by atomic mass is 35.5.